The van der Waals surface area contributed by atoms with Crippen molar-refractivity contribution in [3.05, 3.63) is 42.0 Å². The van der Waals surface area contributed by atoms with Gasteiger partial charge < -0.3 is 9.53 Å². The minimum absolute atomic E-state index is 0.186. The number of hydrogen-bond acceptors (Lipinski definition) is 2. The molecular formula is C17H24O2. The first-order chi connectivity index (χ1) is 9.11. The fraction of sp³-hybridized carbons (Fsp3) is 0.471. The van der Waals surface area contributed by atoms with Crippen LogP contribution in [0.5, 0.6) is 5.75 Å². The third kappa shape index (κ3) is 6.80. The summed E-state index contributed by atoms with van der Waals surface area (Å²) in [6.45, 7) is 5.83. The molecule has 0 amide bonds. The lowest BCUT2D eigenvalue weighted by Crippen LogP contribution is -2.10. The van der Waals surface area contributed by atoms with E-state index in [2.05, 4.69) is 26.0 Å². The molecule has 2 heteroatoms. The van der Waals surface area contributed by atoms with Crippen LogP contribution in [0.25, 0.3) is 0 Å². The maximum Gasteiger partial charge on any atom is 0.130 e. The molecule has 0 saturated heterocycles. The molecule has 0 aliphatic carbocycles. The Hall–Kier alpha value is -1.57. The highest BCUT2D eigenvalue weighted by atomic mass is 16.5. The molecule has 0 aliphatic rings. The topological polar surface area (TPSA) is 26.3 Å². The Labute approximate surface area is 116 Å². The molecule has 1 aromatic rings. The van der Waals surface area contributed by atoms with E-state index in [4.69, 9.17) is 4.74 Å². The summed E-state index contributed by atoms with van der Waals surface area (Å²) in [5.74, 6) is 1.13. The molecule has 0 aromatic heterocycles. The van der Waals surface area contributed by atoms with E-state index in [0.717, 1.165) is 25.0 Å². The van der Waals surface area contributed by atoms with Crippen molar-refractivity contribution >= 4 is 5.78 Å². The Morgan fingerprint density at radius 3 is 2.53 bits per heavy atom. The molecule has 0 aliphatic heterocycles. The van der Waals surface area contributed by atoms with Gasteiger partial charge in [0.05, 0.1) is 6.10 Å². The van der Waals surface area contributed by atoms with Gasteiger partial charge in [-0.25, -0.2) is 0 Å². The van der Waals surface area contributed by atoms with Gasteiger partial charge >= 0.3 is 0 Å². The first kappa shape index (κ1) is 15.5. The number of ketones is 1. The first-order valence-corrected chi connectivity index (χ1v) is 7.01. The fourth-order valence-corrected chi connectivity index (χ4v) is 1.79. The van der Waals surface area contributed by atoms with Gasteiger partial charge in [-0.1, -0.05) is 31.2 Å². The SMILES string of the molecule is CCC=CCC(C)Oc1ccc(CCC(C)=O)cc1. The number of ether oxygens (including phenoxy) is 1. The standard InChI is InChI=1S/C17H24O2/c1-4-5-6-7-15(3)19-17-12-10-16(11-13-17)9-8-14(2)18/h5-6,10-13,15H,4,7-9H2,1-3H3. The Bertz CT molecular complexity index is 404. The van der Waals surface area contributed by atoms with Gasteiger partial charge in [-0.3, -0.25) is 0 Å². The normalized spacial score (nSPS) is 12.6. The van der Waals surface area contributed by atoms with E-state index in [1.165, 1.54) is 5.56 Å². The van der Waals surface area contributed by atoms with Crippen LogP contribution in [0.1, 0.15) is 45.6 Å². The van der Waals surface area contributed by atoms with Crippen LogP contribution in [0, 0.1) is 0 Å². The van der Waals surface area contributed by atoms with Crippen LogP contribution in [-0.2, 0) is 11.2 Å². The van der Waals surface area contributed by atoms with Crippen LogP contribution < -0.4 is 4.74 Å². The smallest absolute Gasteiger partial charge is 0.130 e. The van der Waals surface area contributed by atoms with Gasteiger partial charge in [0, 0.05) is 12.8 Å². The minimum atomic E-state index is 0.186. The maximum absolute atomic E-state index is 10.9. The third-order valence-electron chi connectivity index (χ3n) is 2.90. The zero-order chi connectivity index (χ0) is 14.1. The fourth-order valence-electron chi connectivity index (χ4n) is 1.79. The molecule has 0 saturated carbocycles. The summed E-state index contributed by atoms with van der Waals surface area (Å²) in [7, 11) is 0. The number of hydrogen-bond donors (Lipinski definition) is 0. The van der Waals surface area contributed by atoms with Gasteiger partial charge in [-0.05, 0) is 44.4 Å². The number of carbonyl (C=O) groups is 1. The van der Waals surface area contributed by atoms with Gasteiger partial charge in [0.1, 0.15) is 11.5 Å². The molecule has 0 fully saturated rings. The molecule has 0 spiro atoms. The zero-order valence-electron chi connectivity index (χ0n) is 12.2. The van der Waals surface area contributed by atoms with E-state index >= 15 is 0 Å². The van der Waals surface area contributed by atoms with Crippen LogP contribution in [-0.4, -0.2) is 11.9 Å². The zero-order valence-corrected chi connectivity index (χ0v) is 12.2. The van der Waals surface area contributed by atoms with Crippen molar-refractivity contribution in [2.24, 2.45) is 0 Å². The summed E-state index contributed by atoms with van der Waals surface area (Å²) < 4.78 is 5.82. The van der Waals surface area contributed by atoms with E-state index in [1.54, 1.807) is 6.92 Å². The van der Waals surface area contributed by atoms with E-state index in [9.17, 15) is 4.79 Å². The third-order valence-corrected chi connectivity index (χ3v) is 2.90. The summed E-state index contributed by atoms with van der Waals surface area (Å²) in [6, 6.07) is 8.03. The molecule has 0 radical (unpaired) electrons. The van der Waals surface area contributed by atoms with Crippen LogP contribution in [0.2, 0.25) is 0 Å². The second-order valence-corrected chi connectivity index (χ2v) is 4.89. The van der Waals surface area contributed by atoms with Crippen LogP contribution >= 0.6 is 0 Å². The van der Waals surface area contributed by atoms with Gasteiger partial charge in [0.2, 0.25) is 0 Å². The van der Waals surface area contributed by atoms with Crippen molar-refractivity contribution in [3.8, 4) is 5.75 Å². The summed E-state index contributed by atoms with van der Waals surface area (Å²) in [6.07, 6.45) is 7.92. The molecular weight excluding hydrogens is 236 g/mol. The van der Waals surface area contributed by atoms with Crippen molar-refractivity contribution in [1.82, 2.24) is 0 Å². The van der Waals surface area contributed by atoms with E-state index in [-0.39, 0.29) is 11.9 Å². The van der Waals surface area contributed by atoms with E-state index < -0.39 is 0 Å². The quantitative estimate of drug-likeness (QED) is 0.650. The van der Waals surface area contributed by atoms with Gasteiger partial charge in [0.15, 0.2) is 0 Å². The molecule has 19 heavy (non-hydrogen) atoms. The van der Waals surface area contributed by atoms with Crippen LogP contribution in [0.3, 0.4) is 0 Å². The lowest BCUT2D eigenvalue weighted by molar-refractivity contribution is -0.116. The lowest BCUT2D eigenvalue weighted by atomic mass is 10.1. The molecule has 1 aromatic carbocycles. The monoisotopic (exact) mass is 260 g/mol. The molecule has 0 bridgehead atoms. The van der Waals surface area contributed by atoms with Crippen LogP contribution in [0.4, 0.5) is 0 Å². The predicted octanol–water partition coefficient (Wildman–Crippen LogP) is 4.33. The summed E-state index contributed by atoms with van der Waals surface area (Å²) >= 11 is 0. The Kier molecular flexibility index (Phi) is 6.94. The highest BCUT2D eigenvalue weighted by Gasteiger charge is 2.02. The summed E-state index contributed by atoms with van der Waals surface area (Å²) in [5.41, 5.74) is 1.18. The number of allylic oxidation sites excluding steroid dienone is 1. The molecule has 1 atom stereocenters. The second-order valence-electron chi connectivity index (χ2n) is 4.89. The summed E-state index contributed by atoms with van der Waals surface area (Å²) in [5, 5.41) is 0. The van der Waals surface area contributed by atoms with Crippen LogP contribution in [0.15, 0.2) is 36.4 Å². The number of benzene rings is 1. The van der Waals surface area contributed by atoms with Crippen molar-refractivity contribution in [3.63, 3.8) is 0 Å². The predicted molar refractivity (Wildman–Crippen MR) is 79.6 cm³/mol. The van der Waals surface area contributed by atoms with Crippen molar-refractivity contribution in [2.75, 3.05) is 0 Å². The highest BCUT2D eigenvalue weighted by molar-refractivity contribution is 5.75. The average molecular weight is 260 g/mol. The number of carbonyl (C=O) groups excluding carboxylic acids is 1. The Morgan fingerprint density at radius 2 is 1.95 bits per heavy atom. The highest BCUT2D eigenvalue weighted by Crippen LogP contribution is 2.16. The second kappa shape index (κ2) is 8.52. The Balaban J connectivity index is 2.43. The van der Waals surface area contributed by atoms with Gasteiger partial charge in [-0.15, -0.1) is 0 Å². The first-order valence-electron chi connectivity index (χ1n) is 7.01. The lowest BCUT2D eigenvalue weighted by Gasteiger charge is -2.13. The largest absolute Gasteiger partial charge is 0.490 e. The van der Waals surface area contributed by atoms with E-state index in [0.29, 0.717) is 6.42 Å². The maximum atomic E-state index is 10.9. The van der Waals surface area contributed by atoms with Gasteiger partial charge in [-0.2, -0.15) is 0 Å². The Morgan fingerprint density at radius 1 is 1.26 bits per heavy atom. The molecule has 1 unspecified atom stereocenters. The molecule has 0 N–H and O–H groups in total. The molecule has 104 valence electrons. The summed E-state index contributed by atoms with van der Waals surface area (Å²) in [4.78, 5) is 10.9. The molecule has 1 rings (SSSR count). The number of aryl methyl sites for hydroxylation is 1. The average Bonchev–Trinajstić information content (AvgIpc) is 2.38. The minimum Gasteiger partial charge on any atom is -0.490 e. The van der Waals surface area contributed by atoms with Crippen molar-refractivity contribution < 1.29 is 9.53 Å². The van der Waals surface area contributed by atoms with Crippen molar-refractivity contribution in [1.29, 1.82) is 0 Å². The number of rotatable bonds is 8. The van der Waals surface area contributed by atoms with Crippen molar-refractivity contribution in [2.45, 2.75) is 52.6 Å². The number of Topliss-reactive ketones (excluding diaryl/α,β-unsaturated/α-hetero) is 1. The molecule has 2 nitrogen and oxygen atoms in total. The molecule has 0 heterocycles. The van der Waals surface area contributed by atoms with E-state index in [1.807, 2.05) is 24.3 Å². The van der Waals surface area contributed by atoms with Gasteiger partial charge in [0.25, 0.3) is 0 Å².